The molecule has 350 valence electrons. The minimum absolute atomic E-state index is 0.229. The van der Waals surface area contributed by atoms with Crippen LogP contribution < -0.4 is 14.5 Å². The molecule has 4 heteroatoms. The van der Waals surface area contributed by atoms with Crippen LogP contribution >= 0.6 is 0 Å². The van der Waals surface area contributed by atoms with Gasteiger partial charge < -0.3 is 19.1 Å². The molecule has 1 spiro atoms. The first kappa shape index (κ1) is 42.3. The lowest BCUT2D eigenvalue weighted by Crippen LogP contribution is -2.32. The number of nitrogens with zero attached hydrogens (tertiary/aromatic N) is 3. The highest BCUT2D eigenvalue weighted by atomic mass is 16.5. The number of hydrogen-bond donors (Lipinski definition) is 0. The van der Waals surface area contributed by atoms with Gasteiger partial charge in [-0.15, -0.1) is 0 Å². The quantitative estimate of drug-likeness (QED) is 0.159. The second-order valence-electron chi connectivity index (χ2n) is 20.4. The molecule has 12 aromatic rings. The SMILES string of the molecule is CC1(C)c2ccccc2-c2cccc(N(c3ccccc3)c3ccc4c(c3)Oc3cc5c6ccc(N(c7ccccc7)c7ccccc7)cc6n(-c6ccccc6)c5cc3C43c4ccccc4-c4ccccc43)c21. The molecule has 0 unspecified atom stereocenters. The van der Waals surface area contributed by atoms with Crippen molar-refractivity contribution in [3.63, 3.8) is 0 Å². The maximum atomic E-state index is 7.55. The summed E-state index contributed by atoms with van der Waals surface area (Å²) in [4.78, 5) is 4.79. The first-order valence-electron chi connectivity index (χ1n) is 25.7. The third-order valence-electron chi connectivity index (χ3n) is 16.2. The maximum Gasteiger partial charge on any atom is 0.134 e. The fourth-order valence-corrected chi connectivity index (χ4v) is 13.1. The van der Waals surface area contributed by atoms with Gasteiger partial charge in [0.15, 0.2) is 0 Å². The molecule has 11 aromatic carbocycles. The van der Waals surface area contributed by atoms with E-state index >= 15 is 0 Å². The van der Waals surface area contributed by atoms with Crippen LogP contribution in [0.5, 0.6) is 11.5 Å². The number of aromatic nitrogens is 1. The van der Waals surface area contributed by atoms with E-state index in [2.05, 4.69) is 289 Å². The van der Waals surface area contributed by atoms with Crippen LogP contribution in [-0.2, 0) is 10.8 Å². The monoisotopic (exact) mass is 947 g/mol. The Labute approximate surface area is 431 Å². The second-order valence-corrected chi connectivity index (χ2v) is 20.4. The molecule has 0 amide bonds. The molecule has 2 aliphatic carbocycles. The van der Waals surface area contributed by atoms with E-state index in [4.69, 9.17) is 4.74 Å². The standard InChI is InChI=1S/C70H49N3O/c1-69(2)58-34-18-15-32-54(58)56-33-21-37-63(68(56)69)72(48-26-11-5-12-27-48)51-39-41-61-66(43-51)74-67-44-57-55-40-38-50(71(46-22-7-3-8-23-46)47-24-9-4-10-25-47)42-64(55)73(49-28-13-6-14-29-49)65(57)45-62(67)70(61)59-35-19-16-30-52(59)53-31-17-20-36-60(53)70/h3-45H,1-2H3. The van der Waals surface area contributed by atoms with E-state index in [0.717, 1.165) is 84.2 Å². The average molecular weight is 948 g/mol. The number of hydrogen-bond acceptors (Lipinski definition) is 3. The number of rotatable bonds is 7. The number of anilines is 6. The van der Waals surface area contributed by atoms with Gasteiger partial charge in [0, 0.05) is 67.5 Å². The minimum Gasteiger partial charge on any atom is -0.457 e. The van der Waals surface area contributed by atoms with Gasteiger partial charge >= 0.3 is 0 Å². The molecule has 1 aliphatic heterocycles. The Morgan fingerprint density at radius 3 is 1.46 bits per heavy atom. The van der Waals surface area contributed by atoms with Crippen molar-refractivity contribution >= 4 is 55.9 Å². The Hall–Kier alpha value is -9.38. The lowest BCUT2D eigenvalue weighted by atomic mass is 9.66. The van der Waals surface area contributed by atoms with Crippen molar-refractivity contribution < 1.29 is 4.74 Å². The summed E-state index contributed by atoms with van der Waals surface area (Å²) in [6.45, 7) is 4.74. The molecule has 1 aromatic heterocycles. The minimum atomic E-state index is -0.696. The molecule has 15 rings (SSSR count). The summed E-state index contributed by atoms with van der Waals surface area (Å²) in [5.74, 6) is 1.69. The van der Waals surface area contributed by atoms with Gasteiger partial charge in [0.2, 0.25) is 0 Å². The summed E-state index contributed by atoms with van der Waals surface area (Å²) in [5, 5.41) is 2.28. The molecule has 4 nitrogen and oxygen atoms in total. The predicted octanol–water partition coefficient (Wildman–Crippen LogP) is 18.5. The fourth-order valence-electron chi connectivity index (χ4n) is 13.1. The van der Waals surface area contributed by atoms with Crippen LogP contribution in [0.2, 0.25) is 0 Å². The summed E-state index contributed by atoms with van der Waals surface area (Å²) in [6, 6.07) is 95.4. The van der Waals surface area contributed by atoms with Crippen LogP contribution in [-0.4, -0.2) is 4.57 Å². The lowest BCUT2D eigenvalue weighted by Gasteiger charge is -2.40. The van der Waals surface area contributed by atoms with Crippen LogP contribution in [0, 0.1) is 0 Å². The zero-order valence-electron chi connectivity index (χ0n) is 41.1. The summed E-state index contributed by atoms with van der Waals surface area (Å²) in [6.07, 6.45) is 0. The van der Waals surface area contributed by atoms with E-state index in [1.165, 1.54) is 44.5 Å². The summed E-state index contributed by atoms with van der Waals surface area (Å²) < 4.78 is 10.0. The van der Waals surface area contributed by atoms with Crippen LogP contribution in [0.4, 0.5) is 34.1 Å². The largest absolute Gasteiger partial charge is 0.457 e. The van der Waals surface area contributed by atoms with E-state index in [0.29, 0.717) is 0 Å². The molecule has 0 N–H and O–H groups in total. The van der Waals surface area contributed by atoms with Gasteiger partial charge in [0.05, 0.1) is 22.1 Å². The van der Waals surface area contributed by atoms with Crippen LogP contribution in [0.25, 0.3) is 49.7 Å². The van der Waals surface area contributed by atoms with E-state index in [1.54, 1.807) is 0 Å². The van der Waals surface area contributed by atoms with Crippen molar-refractivity contribution in [2.75, 3.05) is 9.80 Å². The van der Waals surface area contributed by atoms with Gasteiger partial charge in [-0.1, -0.05) is 184 Å². The van der Waals surface area contributed by atoms with Crippen molar-refractivity contribution in [2.45, 2.75) is 24.7 Å². The van der Waals surface area contributed by atoms with Crippen molar-refractivity contribution in [2.24, 2.45) is 0 Å². The second kappa shape index (κ2) is 16.1. The maximum absolute atomic E-state index is 7.55. The molecule has 0 saturated carbocycles. The van der Waals surface area contributed by atoms with Crippen LogP contribution in [0.15, 0.2) is 261 Å². The van der Waals surface area contributed by atoms with Gasteiger partial charge in [0.1, 0.15) is 11.5 Å². The Morgan fingerprint density at radius 2 is 0.824 bits per heavy atom. The fraction of sp³-hybridized carbons (Fsp3) is 0.0571. The molecule has 0 atom stereocenters. The number of fused-ring (bicyclic) bond motifs is 15. The number of para-hydroxylation sites is 4. The first-order chi connectivity index (χ1) is 36.5. The highest BCUT2D eigenvalue weighted by Gasteiger charge is 2.52. The smallest absolute Gasteiger partial charge is 0.134 e. The average Bonchev–Trinajstić information content (AvgIpc) is 4.14. The summed E-state index contributed by atoms with van der Waals surface area (Å²) >= 11 is 0. The van der Waals surface area contributed by atoms with Crippen LogP contribution in [0.3, 0.4) is 0 Å². The summed E-state index contributed by atoms with van der Waals surface area (Å²) in [5.41, 5.74) is 21.4. The predicted molar refractivity (Wildman–Crippen MR) is 305 cm³/mol. The van der Waals surface area contributed by atoms with E-state index in [1.807, 2.05) is 0 Å². The normalized spacial score (nSPS) is 13.9. The topological polar surface area (TPSA) is 20.6 Å². The van der Waals surface area contributed by atoms with Gasteiger partial charge in [-0.2, -0.15) is 0 Å². The van der Waals surface area contributed by atoms with E-state index in [-0.39, 0.29) is 5.41 Å². The van der Waals surface area contributed by atoms with Crippen LogP contribution in [0.1, 0.15) is 47.2 Å². The molecule has 0 bridgehead atoms. The molecule has 74 heavy (non-hydrogen) atoms. The van der Waals surface area contributed by atoms with Gasteiger partial charge in [-0.3, -0.25) is 0 Å². The number of ether oxygens (including phenoxy) is 1. The van der Waals surface area contributed by atoms with Crippen molar-refractivity contribution in [3.8, 4) is 39.4 Å². The molecular formula is C70H49N3O. The highest BCUT2D eigenvalue weighted by molar-refractivity contribution is 6.12. The highest BCUT2D eigenvalue weighted by Crippen LogP contribution is 2.64. The molecule has 0 radical (unpaired) electrons. The Bertz CT molecular complexity index is 4110. The van der Waals surface area contributed by atoms with E-state index < -0.39 is 5.41 Å². The molecule has 0 saturated heterocycles. The van der Waals surface area contributed by atoms with Gasteiger partial charge in [0.25, 0.3) is 0 Å². The zero-order valence-corrected chi connectivity index (χ0v) is 41.1. The van der Waals surface area contributed by atoms with Crippen molar-refractivity contribution in [3.05, 3.63) is 294 Å². The zero-order chi connectivity index (χ0) is 49.1. The first-order valence-corrected chi connectivity index (χ1v) is 25.7. The molecular weight excluding hydrogens is 899 g/mol. The van der Waals surface area contributed by atoms with Gasteiger partial charge in [-0.05, 0) is 129 Å². The van der Waals surface area contributed by atoms with E-state index in [9.17, 15) is 0 Å². The molecule has 0 fully saturated rings. The number of benzene rings is 11. The van der Waals surface area contributed by atoms with Crippen molar-refractivity contribution in [1.82, 2.24) is 4.57 Å². The third-order valence-corrected chi connectivity index (χ3v) is 16.2. The molecule has 3 aliphatic rings. The Balaban J connectivity index is 0.993. The molecule has 2 heterocycles. The third kappa shape index (κ3) is 5.97. The van der Waals surface area contributed by atoms with Gasteiger partial charge in [-0.25, -0.2) is 0 Å². The summed E-state index contributed by atoms with van der Waals surface area (Å²) in [7, 11) is 0. The Kier molecular flexibility index (Phi) is 9.19. The van der Waals surface area contributed by atoms with Crippen molar-refractivity contribution in [1.29, 1.82) is 0 Å². The Morgan fingerprint density at radius 1 is 0.338 bits per heavy atom. The lowest BCUT2D eigenvalue weighted by molar-refractivity contribution is 0.437.